The lowest BCUT2D eigenvalue weighted by molar-refractivity contribution is -0.146. The van der Waals surface area contributed by atoms with Crippen LogP contribution >= 0.6 is 0 Å². The van der Waals surface area contributed by atoms with Gasteiger partial charge in [-0.15, -0.1) is 0 Å². The number of hydrogen-bond donors (Lipinski definition) is 0. The molecule has 0 saturated heterocycles. The van der Waals surface area contributed by atoms with Gasteiger partial charge >= 0.3 is 5.97 Å². The van der Waals surface area contributed by atoms with Crippen LogP contribution in [0.5, 0.6) is 0 Å². The molecule has 2 rings (SSSR count). The van der Waals surface area contributed by atoms with Gasteiger partial charge in [0.25, 0.3) is 5.91 Å². The summed E-state index contributed by atoms with van der Waals surface area (Å²) in [5.74, 6) is -0.0953. The predicted molar refractivity (Wildman–Crippen MR) is 71.6 cm³/mol. The Morgan fingerprint density at radius 2 is 2.05 bits per heavy atom. The standard InChI is InChI=1S/C15H19NO3/c1-10(2)8-13(15(18)19-3)16-9-11-6-4-5-7-12(11)14(16)17/h4-7,10,13H,8-9H2,1-3H3. The summed E-state index contributed by atoms with van der Waals surface area (Å²) in [5, 5.41) is 0. The molecule has 0 radical (unpaired) electrons. The fourth-order valence-corrected chi connectivity index (χ4v) is 2.46. The Balaban J connectivity index is 2.26. The third-order valence-corrected chi connectivity index (χ3v) is 3.39. The van der Waals surface area contributed by atoms with Crippen LogP contribution in [0.15, 0.2) is 24.3 Å². The van der Waals surface area contributed by atoms with Crippen molar-refractivity contribution in [2.45, 2.75) is 32.9 Å². The number of hydrogen-bond acceptors (Lipinski definition) is 3. The molecule has 1 amide bonds. The quantitative estimate of drug-likeness (QED) is 0.781. The van der Waals surface area contributed by atoms with E-state index in [0.717, 1.165) is 5.56 Å². The van der Waals surface area contributed by atoms with Gasteiger partial charge in [-0.3, -0.25) is 4.79 Å². The second-order valence-corrected chi connectivity index (χ2v) is 5.26. The maximum atomic E-state index is 12.4. The van der Waals surface area contributed by atoms with Gasteiger partial charge < -0.3 is 9.64 Å². The zero-order chi connectivity index (χ0) is 14.0. The SMILES string of the molecule is COC(=O)C(CC(C)C)N1Cc2ccccc2C1=O. The second kappa shape index (κ2) is 5.43. The van der Waals surface area contributed by atoms with E-state index in [4.69, 9.17) is 4.74 Å². The number of rotatable bonds is 4. The van der Waals surface area contributed by atoms with E-state index in [-0.39, 0.29) is 11.9 Å². The van der Waals surface area contributed by atoms with E-state index >= 15 is 0 Å². The molecular weight excluding hydrogens is 242 g/mol. The summed E-state index contributed by atoms with van der Waals surface area (Å²) in [5.41, 5.74) is 1.67. The van der Waals surface area contributed by atoms with Gasteiger partial charge in [0.2, 0.25) is 0 Å². The van der Waals surface area contributed by atoms with Crippen molar-refractivity contribution in [1.29, 1.82) is 0 Å². The second-order valence-electron chi connectivity index (χ2n) is 5.26. The van der Waals surface area contributed by atoms with Crippen LogP contribution in [0.25, 0.3) is 0 Å². The lowest BCUT2D eigenvalue weighted by atomic mass is 10.0. The summed E-state index contributed by atoms with van der Waals surface area (Å²) < 4.78 is 4.84. The molecule has 19 heavy (non-hydrogen) atoms. The van der Waals surface area contributed by atoms with Crippen LogP contribution in [0.3, 0.4) is 0 Å². The van der Waals surface area contributed by atoms with Crippen molar-refractivity contribution in [3.63, 3.8) is 0 Å². The Labute approximate surface area is 113 Å². The van der Waals surface area contributed by atoms with Crippen LogP contribution in [0.4, 0.5) is 0 Å². The van der Waals surface area contributed by atoms with Crippen molar-refractivity contribution >= 4 is 11.9 Å². The van der Waals surface area contributed by atoms with Crippen molar-refractivity contribution in [3.05, 3.63) is 35.4 Å². The predicted octanol–water partition coefficient (Wildman–Crippen LogP) is 2.23. The molecule has 102 valence electrons. The van der Waals surface area contributed by atoms with E-state index in [1.54, 1.807) is 11.0 Å². The van der Waals surface area contributed by atoms with Gasteiger partial charge in [-0.1, -0.05) is 32.0 Å². The van der Waals surface area contributed by atoms with Crippen molar-refractivity contribution < 1.29 is 14.3 Å². The number of amides is 1. The summed E-state index contributed by atoms with van der Waals surface area (Å²) in [6, 6.07) is 6.99. The van der Waals surface area contributed by atoms with E-state index in [9.17, 15) is 9.59 Å². The number of benzene rings is 1. The van der Waals surface area contributed by atoms with E-state index in [1.165, 1.54) is 7.11 Å². The lowest BCUT2D eigenvalue weighted by Crippen LogP contribution is -2.42. The van der Waals surface area contributed by atoms with Gasteiger partial charge in [-0.25, -0.2) is 4.79 Å². The van der Waals surface area contributed by atoms with Crippen LogP contribution in [0.1, 0.15) is 36.2 Å². The lowest BCUT2D eigenvalue weighted by Gasteiger charge is -2.26. The van der Waals surface area contributed by atoms with Crippen molar-refractivity contribution in [2.24, 2.45) is 5.92 Å². The molecular formula is C15H19NO3. The third kappa shape index (κ3) is 2.62. The van der Waals surface area contributed by atoms with E-state index in [2.05, 4.69) is 0 Å². The fourth-order valence-electron chi connectivity index (χ4n) is 2.46. The number of ether oxygens (including phenoxy) is 1. The summed E-state index contributed by atoms with van der Waals surface area (Å²) in [7, 11) is 1.36. The van der Waals surface area contributed by atoms with Crippen LogP contribution in [-0.2, 0) is 16.1 Å². The molecule has 1 aromatic carbocycles. The van der Waals surface area contributed by atoms with E-state index in [0.29, 0.717) is 24.4 Å². The largest absolute Gasteiger partial charge is 0.467 e. The minimum absolute atomic E-state index is 0.0772. The molecule has 1 heterocycles. The molecule has 1 unspecified atom stereocenters. The molecule has 1 aromatic rings. The van der Waals surface area contributed by atoms with Gasteiger partial charge in [0.15, 0.2) is 0 Å². The molecule has 0 saturated carbocycles. The molecule has 0 aromatic heterocycles. The first kappa shape index (κ1) is 13.6. The Kier molecular flexibility index (Phi) is 3.88. The molecule has 0 bridgehead atoms. The summed E-state index contributed by atoms with van der Waals surface area (Å²) >= 11 is 0. The normalized spacial score (nSPS) is 15.6. The fraction of sp³-hybridized carbons (Fsp3) is 0.467. The van der Waals surface area contributed by atoms with Crippen LogP contribution in [0.2, 0.25) is 0 Å². The Bertz CT molecular complexity index is 496. The van der Waals surface area contributed by atoms with Gasteiger partial charge in [0.1, 0.15) is 6.04 Å². The number of fused-ring (bicyclic) bond motifs is 1. The van der Waals surface area contributed by atoms with Crippen molar-refractivity contribution in [2.75, 3.05) is 7.11 Å². The maximum Gasteiger partial charge on any atom is 0.328 e. The number of carbonyl (C=O) groups is 2. The topological polar surface area (TPSA) is 46.6 Å². The Morgan fingerprint density at radius 1 is 1.37 bits per heavy atom. The number of esters is 1. The summed E-state index contributed by atoms with van der Waals surface area (Å²) in [6.45, 7) is 4.55. The monoisotopic (exact) mass is 261 g/mol. The van der Waals surface area contributed by atoms with Crippen LogP contribution in [0, 0.1) is 5.92 Å². The zero-order valence-corrected chi connectivity index (χ0v) is 11.6. The van der Waals surface area contributed by atoms with Crippen LogP contribution in [-0.4, -0.2) is 29.9 Å². The molecule has 0 aliphatic carbocycles. The van der Waals surface area contributed by atoms with E-state index in [1.807, 2.05) is 32.0 Å². The number of nitrogens with zero attached hydrogens (tertiary/aromatic N) is 1. The average Bonchev–Trinajstić information content (AvgIpc) is 2.73. The summed E-state index contributed by atoms with van der Waals surface area (Å²) in [4.78, 5) is 25.9. The Hall–Kier alpha value is -1.84. The minimum Gasteiger partial charge on any atom is -0.467 e. The van der Waals surface area contributed by atoms with Gasteiger partial charge in [0, 0.05) is 12.1 Å². The first-order valence-electron chi connectivity index (χ1n) is 6.51. The molecule has 0 spiro atoms. The highest BCUT2D eigenvalue weighted by atomic mass is 16.5. The number of methoxy groups -OCH3 is 1. The Morgan fingerprint density at radius 3 is 2.63 bits per heavy atom. The molecule has 1 aliphatic rings. The molecule has 0 N–H and O–H groups in total. The van der Waals surface area contributed by atoms with Gasteiger partial charge in [0.05, 0.1) is 7.11 Å². The number of carbonyl (C=O) groups excluding carboxylic acids is 2. The van der Waals surface area contributed by atoms with Crippen molar-refractivity contribution in [3.8, 4) is 0 Å². The zero-order valence-electron chi connectivity index (χ0n) is 11.6. The highest BCUT2D eigenvalue weighted by Crippen LogP contribution is 2.27. The molecule has 0 fully saturated rings. The third-order valence-electron chi connectivity index (χ3n) is 3.39. The smallest absolute Gasteiger partial charge is 0.328 e. The molecule has 1 aliphatic heterocycles. The minimum atomic E-state index is -0.495. The molecule has 4 heteroatoms. The molecule has 1 atom stereocenters. The first-order valence-corrected chi connectivity index (χ1v) is 6.51. The first-order chi connectivity index (χ1) is 9.04. The maximum absolute atomic E-state index is 12.4. The average molecular weight is 261 g/mol. The highest BCUT2D eigenvalue weighted by molar-refractivity contribution is 6.00. The van der Waals surface area contributed by atoms with E-state index < -0.39 is 6.04 Å². The highest BCUT2D eigenvalue weighted by Gasteiger charge is 2.36. The van der Waals surface area contributed by atoms with Gasteiger partial charge in [-0.05, 0) is 24.0 Å². The molecule has 4 nitrogen and oxygen atoms in total. The van der Waals surface area contributed by atoms with Crippen LogP contribution < -0.4 is 0 Å². The van der Waals surface area contributed by atoms with Crippen molar-refractivity contribution in [1.82, 2.24) is 4.90 Å². The van der Waals surface area contributed by atoms with Gasteiger partial charge in [-0.2, -0.15) is 0 Å². The summed E-state index contributed by atoms with van der Waals surface area (Å²) in [6.07, 6.45) is 0.617.